The van der Waals surface area contributed by atoms with Crippen molar-refractivity contribution in [1.82, 2.24) is 0 Å². The van der Waals surface area contributed by atoms with E-state index in [0.29, 0.717) is 0 Å². The van der Waals surface area contributed by atoms with Crippen molar-refractivity contribution in [3.05, 3.63) is 35.9 Å². The van der Waals surface area contributed by atoms with Gasteiger partial charge in [-0.3, -0.25) is 9.59 Å². The first-order chi connectivity index (χ1) is 8.51. The van der Waals surface area contributed by atoms with Crippen molar-refractivity contribution in [2.75, 3.05) is 6.61 Å². The van der Waals surface area contributed by atoms with E-state index < -0.39 is 24.6 Å². The maximum absolute atomic E-state index is 10.3. The molecule has 0 saturated carbocycles. The number of aliphatic hydroxyl groups is 2. The van der Waals surface area contributed by atoms with Gasteiger partial charge in [0.2, 0.25) is 0 Å². The summed E-state index contributed by atoms with van der Waals surface area (Å²) in [5.41, 5.74) is 0.729. The Kier molecular flexibility index (Phi) is 8.00. The number of aliphatic hydroxyl groups excluding tert-OH is 2. The molecule has 6 heteroatoms. The van der Waals surface area contributed by atoms with Gasteiger partial charge in [-0.05, 0) is 0 Å². The molecule has 1 aromatic rings. The van der Waals surface area contributed by atoms with E-state index in [1.807, 2.05) is 18.2 Å². The first kappa shape index (κ1) is 16.0. The smallest absolute Gasteiger partial charge is 0.345 e. The van der Waals surface area contributed by atoms with Gasteiger partial charge in [0.05, 0.1) is 6.61 Å². The van der Waals surface area contributed by atoms with Gasteiger partial charge in [0.25, 0.3) is 0 Å². The molecule has 0 amide bonds. The molecular weight excluding hydrogens is 240 g/mol. The molecule has 1 unspecified atom stereocenters. The minimum atomic E-state index is -1.62. The molecule has 0 aliphatic heterocycles. The van der Waals surface area contributed by atoms with Crippen LogP contribution in [0, 0.1) is 0 Å². The topological polar surface area (TPSA) is 101 Å². The molecule has 0 aromatic heterocycles. The predicted octanol–water partition coefficient (Wildman–Crippen LogP) is -0.0716. The fourth-order valence-electron chi connectivity index (χ4n) is 0.816. The van der Waals surface area contributed by atoms with Crippen molar-refractivity contribution in [2.45, 2.75) is 13.0 Å². The van der Waals surface area contributed by atoms with Gasteiger partial charge in [-0.2, -0.15) is 0 Å². The molecule has 0 aliphatic rings. The van der Waals surface area contributed by atoms with Crippen molar-refractivity contribution < 1.29 is 29.3 Å². The Bertz CT molecular complexity index is 387. The third-order valence-electron chi connectivity index (χ3n) is 1.62. The fourth-order valence-corrected chi connectivity index (χ4v) is 0.816. The van der Waals surface area contributed by atoms with Gasteiger partial charge in [-0.15, -0.1) is 0 Å². The van der Waals surface area contributed by atoms with Gasteiger partial charge >= 0.3 is 11.9 Å². The highest BCUT2D eigenvalue weighted by molar-refractivity contribution is 5.86. The van der Waals surface area contributed by atoms with E-state index in [0.717, 1.165) is 18.8 Å². The molecule has 18 heavy (non-hydrogen) atoms. The average molecular weight is 254 g/mol. The number of hydrogen-bond donors (Lipinski definition) is 2. The van der Waals surface area contributed by atoms with Gasteiger partial charge in [-0.25, -0.2) is 4.79 Å². The Morgan fingerprint density at radius 2 is 1.89 bits per heavy atom. The number of hydrogen-bond acceptors (Lipinski definition) is 6. The van der Waals surface area contributed by atoms with E-state index in [9.17, 15) is 14.4 Å². The zero-order chi connectivity index (χ0) is 14.0. The van der Waals surface area contributed by atoms with Gasteiger partial charge in [-0.1, -0.05) is 30.3 Å². The van der Waals surface area contributed by atoms with Crippen LogP contribution in [0.1, 0.15) is 17.3 Å². The molecule has 1 rings (SSSR count). The second kappa shape index (κ2) is 9.03. The van der Waals surface area contributed by atoms with E-state index in [4.69, 9.17) is 10.2 Å². The van der Waals surface area contributed by atoms with E-state index in [-0.39, 0.29) is 0 Å². The van der Waals surface area contributed by atoms with Crippen molar-refractivity contribution in [2.24, 2.45) is 0 Å². The summed E-state index contributed by atoms with van der Waals surface area (Å²) in [4.78, 5) is 30.4. The second-order valence-electron chi connectivity index (χ2n) is 3.14. The van der Waals surface area contributed by atoms with E-state index in [1.54, 1.807) is 12.1 Å². The molecule has 1 aromatic carbocycles. The quantitative estimate of drug-likeness (QED) is 0.445. The van der Waals surface area contributed by atoms with E-state index in [2.05, 4.69) is 4.74 Å². The van der Waals surface area contributed by atoms with Crippen LogP contribution >= 0.6 is 0 Å². The molecule has 98 valence electrons. The van der Waals surface area contributed by atoms with Gasteiger partial charge in [0.15, 0.2) is 6.10 Å². The number of esters is 2. The fraction of sp³-hybridized carbons (Fsp3) is 0.250. The van der Waals surface area contributed by atoms with Crippen LogP contribution < -0.4 is 0 Å². The van der Waals surface area contributed by atoms with Crippen LogP contribution in [0.3, 0.4) is 0 Å². The summed E-state index contributed by atoms with van der Waals surface area (Å²) in [6.07, 6.45) is -0.788. The maximum atomic E-state index is 10.3. The molecule has 1 atom stereocenters. The maximum Gasteiger partial charge on any atom is 0.345 e. The third-order valence-corrected chi connectivity index (χ3v) is 1.62. The molecule has 0 heterocycles. The second-order valence-corrected chi connectivity index (χ2v) is 3.14. The van der Waals surface area contributed by atoms with Crippen molar-refractivity contribution in [1.29, 1.82) is 0 Å². The number of ether oxygens (including phenoxy) is 1. The van der Waals surface area contributed by atoms with Crippen molar-refractivity contribution >= 4 is 18.2 Å². The Hall–Kier alpha value is -2.05. The lowest BCUT2D eigenvalue weighted by molar-refractivity contribution is -0.165. The number of aldehydes is 1. The monoisotopic (exact) mass is 254 g/mol. The lowest BCUT2D eigenvalue weighted by Crippen LogP contribution is -2.27. The zero-order valence-corrected chi connectivity index (χ0v) is 9.78. The summed E-state index contributed by atoms with van der Waals surface area (Å²) in [6.45, 7) is 0.286. The molecule has 0 saturated heterocycles. The predicted molar refractivity (Wildman–Crippen MR) is 61.7 cm³/mol. The SMILES string of the molecule is CC(=O)OC(=O)C(O)CO.O=Cc1ccccc1. The molecule has 0 aliphatic carbocycles. The standard InChI is InChI=1S/C7H6O.C5H8O5/c8-6-7-4-2-1-3-5-7;1-3(7)10-5(9)4(8)2-6/h1-6H;4,6,8H,2H2,1H3. The van der Waals surface area contributed by atoms with Crippen LogP contribution in [0.5, 0.6) is 0 Å². The van der Waals surface area contributed by atoms with Crippen LogP contribution in [0.25, 0.3) is 0 Å². The highest BCUT2D eigenvalue weighted by Gasteiger charge is 2.16. The van der Waals surface area contributed by atoms with Crippen LogP contribution in [0.2, 0.25) is 0 Å². The molecule has 0 bridgehead atoms. The van der Waals surface area contributed by atoms with Gasteiger partial charge in [0.1, 0.15) is 6.29 Å². The number of carbonyl (C=O) groups is 3. The number of rotatable bonds is 3. The van der Waals surface area contributed by atoms with E-state index in [1.165, 1.54) is 0 Å². The summed E-state index contributed by atoms with van der Waals surface area (Å²) >= 11 is 0. The van der Waals surface area contributed by atoms with E-state index >= 15 is 0 Å². The number of carbonyl (C=O) groups excluding carboxylic acids is 3. The normalized spacial score (nSPS) is 10.6. The summed E-state index contributed by atoms with van der Waals surface area (Å²) in [5, 5.41) is 16.7. The lowest BCUT2D eigenvalue weighted by Gasteiger charge is -2.02. The molecule has 0 fully saturated rings. The van der Waals surface area contributed by atoms with Crippen LogP contribution in [-0.2, 0) is 14.3 Å². The Morgan fingerprint density at radius 3 is 2.22 bits per heavy atom. The molecule has 0 spiro atoms. The summed E-state index contributed by atoms with van der Waals surface area (Å²) in [5.74, 6) is -1.94. The van der Waals surface area contributed by atoms with Gasteiger partial charge in [0, 0.05) is 12.5 Å². The van der Waals surface area contributed by atoms with Gasteiger partial charge < -0.3 is 14.9 Å². The summed E-state index contributed by atoms with van der Waals surface area (Å²) in [6, 6.07) is 9.10. The van der Waals surface area contributed by atoms with Crippen LogP contribution in [0.4, 0.5) is 0 Å². The molecule has 2 N–H and O–H groups in total. The molecule has 0 radical (unpaired) electrons. The van der Waals surface area contributed by atoms with Crippen LogP contribution in [-0.4, -0.2) is 41.1 Å². The first-order valence-corrected chi connectivity index (χ1v) is 5.02. The zero-order valence-electron chi connectivity index (χ0n) is 9.78. The Balaban J connectivity index is 0.000000327. The van der Waals surface area contributed by atoms with Crippen molar-refractivity contribution in [3.63, 3.8) is 0 Å². The van der Waals surface area contributed by atoms with Crippen LogP contribution in [0.15, 0.2) is 30.3 Å². The minimum Gasteiger partial charge on any atom is -0.393 e. The molecule has 6 nitrogen and oxygen atoms in total. The first-order valence-electron chi connectivity index (χ1n) is 5.02. The minimum absolute atomic E-state index is 0.729. The number of benzene rings is 1. The largest absolute Gasteiger partial charge is 0.393 e. The summed E-state index contributed by atoms with van der Waals surface area (Å²) < 4.78 is 3.92. The average Bonchev–Trinajstić information content (AvgIpc) is 2.38. The lowest BCUT2D eigenvalue weighted by atomic mass is 10.2. The highest BCUT2D eigenvalue weighted by Crippen LogP contribution is 1.91. The molecular formula is C12H14O6. The third kappa shape index (κ3) is 7.26. The summed E-state index contributed by atoms with van der Waals surface area (Å²) in [7, 11) is 0. The Morgan fingerprint density at radius 1 is 1.33 bits per heavy atom. The Labute approximate surface area is 104 Å². The van der Waals surface area contributed by atoms with Crippen molar-refractivity contribution in [3.8, 4) is 0 Å². The highest BCUT2D eigenvalue weighted by atomic mass is 16.6.